The average molecular weight is 353 g/mol. The lowest BCUT2D eigenvalue weighted by Gasteiger charge is -2.17. The predicted molar refractivity (Wildman–Crippen MR) is 85.1 cm³/mol. The summed E-state index contributed by atoms with van der Waals surface area (Å²) in [6.45, 7) is 1.04. The Morgan fingerprint density at radius 1 is 1.33 bits per heavy atom. The molecule has 9 heteroatoms. The highest BCUT2D eigenvalue weighted by molar-refractivity contribution is 7.89. The third-order valence-corrected chi connectivity index (χ3v) is 4.62. The van der Waals surface area contributed by atoms with Gasteiger partial charge in [0.05, 0.1) is 17.4 Å². The first-order valence-electron chi connectivity index (χ1n) is 7.13. The number of nitriles is 1. The van der Waals surface area contributed by atoms with Gasteiger partial charge >= 0.3 is 5.97 Å². The zero-order chi connectivity index (χ0) is 18.2. The predicted octanol–water partition coefficient (Wildman–Crippen LogP) is 0.269. The maximum absolute atomic E-state index is 12.1. The summed E-state index contributed by atoms with van der Waals surface area (Å²) in [4.78, 5) is 24.8. The first kappa shape index (κ1) is 19.6. The van der Waals surface area contributed by atoms with Crippen LogP contribution in [0.4, 0.5) is 0 Å². The summed E-state index contributed by atoms with van der Waals surface area (Å²) in [6, 6.07) is 8.34. The lowest BCUT2D eigenvalue weighted by molar-refractivity contribution is -0.152. The second-order valence-electron chi connectivity index (χ2n) is 4.99. The Kier molecular flexibility index (Phi) is 7.35. The van der Waals surface area contributed by atoms with Crippen molar-refractivity contribution in [3.8, 4) is 6.07 Å². The van der Waals surface area contributed by atoms with Crippen LogP contribution in [-0.2, 0) is 24.3 Å². The number of hydrogen-bond donors (Lipinski definition) is 1. The minimum absolute atomic E-state index is 0.0250. The van der Waals surface area contributed by atoms with Gasteiger partial charge in [0.25, 0.3) is 5.91 Å². The van der Waals surface area contributed by atoms with Crippen molar-refractivity contribution in [3.05, 3.63) is 30.3 Å². The van der Waals surface area contributed by atoms with Crippen LogP contribution in [-0.4, -0.2) is 51.4 Å². The van der Waals surface area contributed by atoms with Crippen molar-refractivity contribution in [3.63, 3.8) is 0 Å². The molecule has 0 saturated carbocycles. The summed E-state index contributed by atoms with van der Waals surface area (Å²) in [5.74, 6) is -1.34. The van der Waals surface area contributed by atoms with Crippen molar-refractivity contribution in [1.82, 2.24) is 9.62 Å². The number of hydrogen-bond acceptors (Lipinski definition) is 6. The Labute approximate surface area is 141 Å². The van der Waals surface area contributed by atoms with Gasteiger partial charge in [-0.2, -0.15) is 9.98 Å². The van der Waals surface area contributed by atoms with E-state index in [1.165, 1.54) is 31.0 Å². The number of nitrogens with one attached hydrogen (secondary N) is 1. The van der Waals surface area contributed by atoms with Crippen molar-refractivity contribution in [2.45, 2.75) is 24.3 Å². The van der Waals surface area contributed by atoms with E-state index in [0.29, 0.717) is 0 Å². The molecule has 0 fully saturated rings. The van der Waals surface area contributed by atoms with Gasteiger partial charge in [0.15, 0.2) is 6.61 Å². The number of ether oxygens (including phenoxy) is 1. The molecule has 0 aromatic heterocycles. The highest BCUT2D eigenvalue weighted by Gasteiger charge is 2.23. The molecule has 24 heavy (non-hydrogen) atoms. The number of amides is 1. The molecule has 1 N–H and O–H groups in total. The van der Waals surface area contributed by atoms with Gasteiger partial charge in [-0.05, 0) is 19.1 Å². The molecule has 1 atom stereocenters. The molecule has 1 rings (SSSR count). The van der Waals surface area contributed by atoms with E-state index in [1.54, 1.807) is 18.2 Å². The van der Waals surface area contributed by atoms with Crippen LogP contribution >= 0.6 is 0 Å². The maximum Gasteiger partial charge on any atom is 0.324 e. The zero-order valence-electron chi connectivity index (χ0n) is 13.4. The van der Waals surface area contributed by atoms with E-state index < -0.39 is 34.5 Å². The molecule has 0 radical (unpaired) electrons. The monoisotopic (exact) mass is 353 g/mol. The fourth-order valence-electron chi connectivity index (χ4n) is 1.66. The first-order chi connectivity index (χ1) is 11.3. The quantitative estimate of drug-likeness (QED) is 0.671. The van der Waals surface area contributed by atoms with Crippen LogP contribution in [0.25, 0.3) is 0 Å². The van der Waals surface area contributed by atoms with Crippen LogP contribution in [0.1, 0.15) is 13.3 Å². The molecule has 0 aliphatic carbocycles. The zero-order valence-corrected chi connectivity index (χ0v) is 14.2. The molecule has 0 bridgehead atoms. The third kappa shape index (κ3) is 5.98. The Bertz CT molecular complexity index is 712. The van der Waals surface area contributed by atoms with E-state index in [9.17, 15) is 18.0 Å². The number of benzene rings is 1. The van der Waals surface area contributed by atoms with Crippen LogP contribution in [0, 0.1) is 11.3 Å². The fourth-order valence-corrected chi connectivity index (χ4v) is 2.87. The molecule has 0 aliphatic rings. The van der Waals surface area contributed by atoms with Crippen molar-refractivity contribution in [1.29, 1.82) is 5.26 Å². The molecule has 8 nitrogen and oxygen atoms in total. The third-order valence-electron chi connectivity index (χ3n) is 3.06. The Balaban J connectivity index is 2.54. The van der Waals surface area contributed by atoms with Crippen LogP contribution in [0.15, 0.2) is 35.2 Å². The van der Waals surface area contributed by atoms with Gasteiger partial charge in [0.2, 0.25) is 10.0 Å². The molecular formula is C15H19N3O5S. The van der Waals surface area contributed by atoms with Crippen LogP contribution in [0.2, 0.25) is 0 Å². The number of nitrogens with zero attached hydrogens (tertiary/aromatic N) is 2. The van der Waals surface area contributed by atoms with E-state index in [-0.39, 0.29) is 17.9 Å². The summed E-state index contributed by atoms with van der Waals surface area (Å²) >= 11 is 0. The lowest BCUT2D eigenvalue weighted by atomic mass is 10.4. The molecule has 1 aromatic rings. The molecule has 130 valence electrons. The Hall–Kier alpha value is -2.44. The van der Waals surface area contributed by atoms with Crippen LogP contribution in [0.5, 0.6) is 0 Å². The SMILES string of the molecule is CC(NS(=O)(=O)c1ccccc1)C(=O)OCC(=O)N(C)CCC#N. The number of likely N-dealkylation sites (N-methyl/N-ethyl adjacent to an activating group) is 1. The highest BCUT2D eigenvalue weighted by Crippen LogP contribution is 2.08. The minimum Gasteiger partial charge on any atom is -0.454 e. The van der Waals surface area contributed by atoms with Gasteiger partial charge in [-0.1, -0.05) is 18.2 Å². The molecule has 1 unspecified atom stereocenters. The number of sulfonamides is 1. The summed E-state index contributed by atoms with van der Waals surface area (Å²) in [5.41, 5.74) is 0. The standard InChI is InChI=1S/C15H19N3O5S/c1-12(17-24(21,22)13-7-4-3-5-8-13)15(20)23-11-14(19)18(2)10-6-9-16/h3-5,7-8,12,17H,6,10-11H2,1-2H3. The number of rotatable bonds is 8. The minimum atomic E-state index is -3.85. The summed E-state index contributed by atoms with van der Waals surface area (Å²) in [6.07, 6.45) is 0.170. The number of carbonyl (C=O) groups is 2. The van der Waals surface area contributed by atoms with Gasteiger partial charge < -0.3 is 9.64 Å². The van der Waals surface area contributed by atoms with Gasteiger partial charge in [-0.25, -0.2) is 8.42 Å². The van der Waals surface area contributed by atoms with Gasteiger partial charge in [0.1, 0.15) is 6.04 Å². The van der Waals surface area contributed by atoms with Gasteiger partial charge in [0, 0.05) is 13.6 Å². The second kappa shape index (κ2) is 9.00. The van der Waals surface area contributed by atoms with Crippen molar-refractivity contribution in [2.75, 3.05) is 20.2 Å². The fraction of sp³-hybridized carbons (Fsp3) is 0.400. The Morgan fingerprint density at radius 2 is 1.96 bits per heavy atom. The highest BCUT2D eigenvalue weighted by atomic mass is 32.2. The summed E-state index contributed by atoms with van der Waals surface area (Å²) in [5, 5.41) is 8.45. The van der Waals surface area contributed by atoms with Crippen molar-refractivity contribution in [2.24, 2.45) is 0 Å². The van der Waals surface area contributed by atoms with E-state index in [2.05, 4.69) is 4.72 Å². The van der Waals surface area contributed by atoms with Crippen LogP contribution in [0.3, 0.4) is 0 Å². The summed E-state index contributed by atoms with van der Waals surface area (Å²) < 4.78 is 31.2. The smallest absolute Gasteiger partial charge is 0.324 e. The normalized spacial score (nSPS) is 12.0. The largest absolute Gasteiger partial charge is 0.454 e. The van der Waals surface area contributed by atoms with E-state index >= 15 is 0 Å². The topological polar surface area (TPSA) is 117 Å². The number of esters is 1. The van der Waals surface area contributed by atoms with Crippen molar-refractivity contribution >= 4 is 21.9 Å². The maximum atomic E-state index is 12.1. The van der Waals surface area contributed by atoms with E-state index in [1.807, 2.05) is 6.07 Å². The molecule has 0 spiro atoms. The second-order valence-corrected chi connectivity index (χ2v) is 6.70. The molecule has 1 aromatic carbocycles. The molecular weight excluding hydrogens is 334 g/mol. The molecule has 0 aliphatic heterocycles. The van der Waals surface area contributed by atoms with Crippen molar-refractivity contribution < 1.29 is 22.7 Å². The van der Waals surface area contributed by atoms with E-state index in [0.717, 1.165) is 0 Å². The average Bonchev–Trinajstić information content (AvgIpc) is 2.57. The number of carbonyl (C=O) groups excluding carboxylic acids is 2. The Morgan fingerprint density at radius 3 is 2.54 bits per heavy atom. The van der Waals surface area contributed by atoms with Crippen LogP contribution < -0.4 is 4.72 Å². The molecule has 1 amide bonds. The lowest BCUT2D eigenvalue weighted by Crippen LogP contribution is -2.41. The first-order valence-corrected chi connectivity index (χ1v) is 8.61. The molecule has 0 heterocycles. The van der Waals surface area contributed by atoms with Gasteiger partial charge in [-0.3, -0.25) is 9.59 Å². The molecule has 0 saturated heterocycles. The van der Waals surface area contributed by atoms with Gasteiger partial charge in [-0.15, -0.1) is 0 Å². The van der Waals surface area contributed by atoms with E-state index in [4.69, 9.17) is 10.00 Å². The summed E-state index contributed by atoms with van der Waals surface area (Å²) in [7, 11) is -2.37.